The van der Waals surface area contributed by atoms with Gasteiger partial charge in [0.15, 0.2) is 11.5 Å². The van der Waals surface area contributed by atoms with Gasteiger partial charge >= 0.3 is 0 Å². The Kier molecular flexibility index (Phi) is 5.18. The first-order valence-electron chi connectivity index (χ1n) is 9.64. The molecule has 0 saturated heterocycles. The van der Waals surface area contributed by atoms with E-state index in [4.69, 9.17) is 9.05 Å². The van der Waals surface area contributed by atoms with Gasteiger partial charge in [-0.1, -0.05) is 91.7 Å². The van der Waals surface area contributed by atoms with Crippen molar-refractivity contribution >= 4 is 5.91 Å². The van der Waals surface area contributed by atoms with Gasteiger partial charge in [0.2, 0.25) is 11.7 Å². The topological polar surface area (TPSA) is 94.1 Å². The molecule has 4 rings (SSSR count). The van der Waals surface area contributed by atoms with Crippen molar-refractivity contribution in [2.75, 3.05) is 0 Å². The maximum Gasteiger partial charge on any atom is 0.274 e. The van der Waals surface area contributed by atoms with Crippen LogP contribution in [-0.2, 0) is 0 Å². The fraction of sp³-hybridized carbons (Fsp3) is 0.217. The minimum absolute atomic E-state index is 0.186. The molecule has 2 heterocycles. The van der Waals surface area contributed by atoms with Gasteiger partial charge in [0, 0.05) is 17.2 Å². The van der Waals surface area contributed by atoms with E-state index < -0.39 is 6.04 Å². The highest BCUT2D eigenvalue weighted by atomic mass is 16.5. The van der Waals surface area contributed by atoms with E-state index in [0.29, 0.717) is 17.5 Å². The monoisotopic (exact) mass is 402 g/mol. The van der Waals surface area contributed by atoms with Gasteiger partial charge in [0.1, 0.15) is 6.04 Å². The highest BCUT2D eigenvalue weighted by Gasteiger charge is 2.34. The molecule has 0 radical (unpaired) electrons. The van der Waals surface area contributed by atoms with E-state index in [9.17, 15) is 4.79 Å². The Morgan fingerprint density at radius 3 is 2.17 bits per heavy atom. The van der Waals surface area contributed by atoms with Crippen LogP contribution in [-0.4, -0.2) is 21.2 Å². The van der Waals surface area contributed by atoms with Gasteiger partial charge in [-0.15, -0.1) is 0 Å². The fourth-order valence-electron chi connectivity index (χ4n) is 3.03. The normalized spacial score (nSPS) is 12.5. The predicted molar refractivity (Wildman–Crippen MR) is 111 cm³/mol. The molecule has 4 aromatic rings. The number of carbonyl (C=O) groups is 1. The minimum atomic E-state index is -0.508. The Bertz CT molecular complexity index is 1130. The van der Waals surface area contributed by atoms with Crippen molar-refractivity contribution in [1.29, 1.82) is 0 Å². The summed E-state index contributed by atoms with van der Waals surface area (Å²) in [4.78, 5) is 17.4. The van der Waals surface area contributed by atoms with E-state index in [1.807, 2.05) is 81.4 Å². The summed E-state index contributed by atoms with van der Waals surface area (Å²) in [6.45, 7) is 5.97. The van der Waals surface area contributed by atoms with Crippen LogP contribution >= 0.6 is 0 Å². The van der Waals surface area contributed by atoms with Crippen LogP contribution in [0.5, 0.6) is 0 Å². The molecule has 0 fully saturated rings. The van der Waals surface area contributed by atoms with Crippen LogP contribution in [0.3, 0.4) is 0 Å². The van der Waals surface area contributed by atoms with Gasteiger partial charge in [-0.3, -0.25) is 4.79 Å². The molecular weight excluding hydrogens is 380 g/mol. The zero-order chi connectivity index (χ0) is 21.1. The molecular formula is C23H22N4O3. The van der Waals surface area contributed by atoms with E-state index in [1.165, 1.54) is 0 Å². The molecule has 1 N–H and O–H groups in total. The van der Waals surface area contributed by atoms with Crippen LogP contribution < -0.4 is 5.32 Å². The molecule has 30 heavy (non-hydrogen) atoms. The lowest BCUT2D eigenvalue weighted by Crippen LogP contribution is -2.37. The Labute approximate surface area is 174 Å². The summed E-state index contributed by atoms with van der Waals surface area (Å²) in [7, 11) is 0. The van der Waals surface area contributed by atoms with Crippen LogP contribution in [0.2, 0.25) is 0 Å². The zero-order valence-corrected chi connectivity index (χ0v) is 17.0. The van der Waals surface area contributed by atoms with Crippen LogP contribution in [0.1, 0.15) is 43.2 Å². The molecule has 0 aliphatic rings. The molecule has 0 saturated carbocycles. The third-order valence-electron chi connectivity index (χ3n) is 4.66. The molecule has 0 bridgehead atoms. The van der Waals surface area contributed by atoms with E-state index >= 15 is 0 Å². The van der Waals surface area contributed by atoms with Gasteiger partial charge in [-0.2, -0.15) is 4.98 Å². The number of rotatable bonds is 5. The average Bonchev–Trinajstić information content (AvgIpc) is 3.42. The van der Waals surface area contributed by atoms with Gasteiger partial charge in [-0.25, -0.2) is 0 Å². The second kappa shape index (κ2) is 7.94. The molecule has 7 heteroatoms. The molecule has 152 valence electrons. The predicted octanol–water partition coefficient (Wildman–Crippen LogP) is 4.91. The standard InChI is InChI=1S/C23H22N4O3/c1-23(2,3)19(22-25-20(27-30-22)16-12-8-5-9-13-16)24-21(28)17-14-18(29-26-17)15-10-6-4-7-11-15/h4-14,19H,1-3H3,(H,24,28)/t19-/m0/s1. The Hall–Kier alpha value is -3.74. The molecule has 0 unspecified atom stereocenters. The smallest absolute Gasteiger partial charge is 0.274 e. The summed E-state index contributed by atoms with van der Waals surface area (Å²) >= 11 is 0. The van der Waals surface area contributed by atoms with Gasteiger partial charge in [0.05, 0.1) is 0 Å². The zero-order valence-electron chi connectivity index (χ0n) is 17.0. The molecule has 1 amide bonds. The van der Waals surface area contributed by atoms with Gasteiger partial charge in [0.25, 0.3) is 5.91 Å². The molecule has 7 nitrogen and oxygen atoms in total. The Morgan fingerprint density at radius 2 is 1.53 bits per heavy atom. The highest BCUT2D eigenvalue weighted by molar-refractivity contribution is 5.93. The second-order valence-electron chi connectivity index (χ2n) is 8.04. The van der Waals surface area contributed by atoms with Crippen molar-refractivity contribution in [2.24, 2.45) is 5.41 Å². The maximum absolute atomic E-state index is 12.9. The molecule has 0 aliphatic heterocycles. The summed E-state index contributed by atoms with van der Waals surface area (Å²) in [5.74, 6) is 0.959. The largest absolute Gasteiger partial charge is 0.355 e. The second-order valence-corrected chi connectivity index (χ2v) is 8.04. The first kappa shape index (κ1) is 19.6. The number of nitrogens with zero attached hydrogens (tertiary/aromatic N) is 3. The quantitative estimate of drug-likeness (QED) is 0.510. The number of amides is 1. The molecule has 0 aliphatic carbocycles. The molecule has 2 aromatic carbocycles. The molecule has 2 aromatic heterocycles. The van der Waals surface area contributed by atoms with Gasteiger partial charge in [-0.05, 0) is 5.41 Å². The van der Waals surface area contributed by atoms with Crippen LogP contribution in [0.4, 0.5) is 0 Å². The summed E-state index contributed by atoms with van der Waals surface area (Å²) in [6, 6.07) is 20.1. The number of carbonyl (C=O) groups excluding carboxylic acids is 1. The Morgan fingerprint density at radius 1 is 0.900 bits per heavy atom. The van der Waals surface area contributed by atoms with Crippen molar-refractivity contribution < 1.29 is 13.8 Å². The third-order valence-corrected chi connectivity index (χ3v) is 4.66. The SMILES string of the molecule is CC(C)(C)[C@@H](NC(=O)c1cc(-c2ccccc2)on1)c1nc(-c2ccccc2)no1. The van der Waals surface area contributed by atoms with Crippen LogP contribution in [0.25, 0.3) is 22.7 Å². The number of benzene rings is 2. The fourth-order valence-corrected chi connectivity index (χ4v) is 3.03. The third kappa shape index (κ3) is 4.15. The lowest BCUT2D eigenvalue weighted by molar-refractivity contribution is 0.0871. The first-order valence-corrected chi connectivity index (χ1v) is 9.64. The van der Waals surface area contributed by atoms with E-state index in [0.717, 1.165) is 11.1 Å². The van der Waals surface area contributed by atoms with Crippen molar-refractivity contribution in [3.63, 3.8) is 0 Å². The summed E-state index contributed by atoms with van der Waals surface area (Å²) < 4.78 is 10.8. The maximum atomic E-state index is 12.9. The number of hydrogen-bond acceptors (Lipinski definition) is 6. The van der Waals surface area contributed by atoms with Gasteiger partial charge < -0.3 is 14.4 Å². The summed E-state index contributed by atoms with van der Waals surface area (Å²) in [5, 5.41) is 11.0. The highest BCUT2D eigenvalue weighted by Crippen LogP contribution is 2.33. The van der Waals surface area contributed by atoms with Crippen molar-refractivity contribution in [1.82, 2.24) is 20.6 Å². The minimum Gasteiger partial charge on any atom is -0.355 e. The van der Waals surface area contributed by atoms with Crippen LogP contribution in [0, 0.1) is 5.41 Å². The van der Waals surface area contributed by atoms with E-state index in [1.54, 1.807) is 6.07 Å². The lowest BCUT2D eigenvalue weighted by Gasteiger charge is -2.27. The molecule has 1 atom stereocenters. The Balaban J connectivity index is 1.57. The van der Waals surface area contributed by atoms with Crippen molar-refractivity contribution in [3.05, 3.63) is 78.3 Å². The average molecular weight is 402 g/mol. The summed E-state index contributed by atoms with van der Waals surface area (Å²) in [6.07, 6.45) is 0. The lowest BCUT2D eigenvalue weighted by atomic mass is 9.86. The summed E-state index contributed by atoms with van der Waals surface area (Å²) in [5.41, 5.74) is 1.50. The molecule has 0 spiro atoms. The first-order chi connectivity index (χ1) is 14.4. The van der Waals surface area contributed by atoms with E-state index in [2.05, 4.69) is 20.6 Å². The number of nitrogens with one attached hydrogen (secondary N) is 1. The van der Waals surface area contributed by atoms with Crippen LogP contribution in [0.15, 0.2) is 75.8 Å². The van der Waals surface area contributed by atoms with Crippen molar-refractivity contribution in [3.8, 4) is 22.7 Å². The van der Waals surface area contributed by atoms with E-state index in [-0.39, 0.29) is 17.0 Å². The van der Waals surface area contributed by atoms with Crippen molar-refractivity contribution in [2.45, 2.75) is 26.8 Å². The number of hydrogen-bond donors (Lipinski definition) is 1. The number of aromatic nitrogens is 3.